The zero-order chi connectivity index (χ0) is 19.8. The van der Waals surface area contributed by atoms with Crippen LogP contribution in [0.4, 0.5) is 9.52 Å². The first kappa shape index (κ1) is 20.3. The highest BCUT2D eigenvalue weighted by atomic mass is 32.2. The number of thioether (sulfide) groups is 1. The molecule has 0 aliphatic carbocycles. The van der Waals surface area contributed by atoms with Gasteiger partial charge in [-0.15, -0.1) is 10.2 Å². The van der Waals surface area contributed by atoms with Crippen LogP contribution in [0, 0.1) is 5.82 Å². The Kier molecular flexibility index (Phi) is 7.39. The van der Waals surface area contributed by atoms with Gasteiger partial charge >= 0.3 is 0 Å². The van der Waals surface area contributed by atoms with Gasteiger partial charge in [-0.05, 0) is 48.4 Å². The largest absolute Gasteiger partial charge is 0.494 e. The molecule has 146 valence electrons. The van der Waals surface area contributed by atoms with Crippen molar-refractivity contribution in [3.8, 4) is 5.75 Å². The highest BCUT2D eigenvalue weighted by molar-refractivity contribution is 8.00. The molecule has 0 bridgehead atoms. The van der Waals surface area contributed by atoms with Crippen molar-refractivity contribution in [3.05, 3.63) is 65.5 Å². The fourth-order valence-electron chi connectivity index (χ4n) is 2.30. The molecule has 2 aromatic carbocycles. The quantitative estimate of drug-likeness (QED) is 0.287. The molecule has 28 heavy (non-hydrogen) atoms. The van der Waals surface area contributed by atoms with Gasteiger partial charge in [-0.3, -0.25) is 10.1 Å². The Morgan fingerprint density at radius 2 is 2.04 bits per heavy atom. The summed E-state index contributed by atoms with van der Waals surface area (Å²) >= 11 is 2.73. The minimum Gasteiger partial charge on any atom is -0.494 e. The molecule has 3 aromatic rings. The Hall–Kier alpha value is -2.45. The summed E-state index contributed by atoms with van der Waals surface area (Å²) in [5.74, 6) is 0.819. The van der Waals surface area contributed by atoms with Crippen molar-refractivity contribution >= 4 is 34.1 Å². The Morgan fingerprint density at radius 3 is 2.79 bits per heavy atom. The second kappa shape index (κ2) is 10.2. The molecule has 0 fully saturated rings. The van der Waals surface area contributed by atoms with Crippen molar-refractivity contribution in [2.24, 2.45) is 0 Å². The fourth-order valence-corrected chi connectivity index (χ4v) is 3.99. The van der Waals surface area contributed by atoms with Gasteiger partial charge < -0.3 is 4.74 Å². The molecular weight excluding hydrogens is 397 g/mol. The van der Waals surface area contributed by atoms with E-state index < -0.39 is 0 Å². The molecule has 0 aliphatic rings. The molecular formula is C20H20FN3O2S2. The van der Waals surface area contributed by atoms with Crippen LogP contribution in [-0.2, 0) is 5.75 Å². The molecule has 1 N–H and O–H groups in total. The number of amides is 1. The number of anilines is 1. The lowest BCUT2D eigenvalue weighted by Gasteiger charge is -2.06. The minimum atomic E-state index is -0.259. The van der Waals surface area contributed by atoms with Gasteiger partial charge in [0.25, 0.3) is 5.91 Å². The van der Waals surface area contributed by atoms with E-state index in [0.29, 0.717) is 27.4 Å². The van der Waals surface area contributed by atoms with Gasteiger partial charge in [-0.25, -0.2) is 4.39 Å². The van der Waals surface area contributed by atoms with Crippen LogP contribution >= 0.6 is 23.1 Å². The van der Waals surface area contributed by atoms with Gasteiger partial charge in [0.2, 0.25) is 5.13 Å². The maximum Gasteiger partial charge on any atom is 0.257 e. The van der Waals surface area contributed by atoms with E-state index in [2.05, 4.69) is 22.4 Å². The van der Waals surface area contributed by atoms with Crippen molar-refractivity contribution in [2.45, 2.75) is 29.9 Å². The summed E-state index contributed by atoms with van der Waals surface area (Å²) in [6.45, 7) is 2.78. The van der Waals surface area contributed by atoms with Crippen LogP contribution in [0.5, 0.6) is 5.75 Å². The predicted molar refractivity (Wildman–Crippen MR) is 111 cm³/mol. The molecule has 1 heterocycles. The van der Waals surface area contributed by atoms with Crippen LogP contribution in [-0.4, -0.2) is 22.7 Å². The Labute approximate surface area is 171 Å². The fraction of sp³-hybridized carbons (Fsp3) is 0.250. The minimum absolute atomic E-state index is 0.252. The van der Waals surface area contributed by atoms with Crippen LogP contribution in [0.2, 0.25) is 0 Å². The number of halogens is 1. The zero-order valence-corrected chi connectivity index (χ0v) is 17.0. The first-order chi connectivity index (χ1) is 13.6. The lowest BCUT2D eigenvalue weighted by molar-refractivity contribution is 0.102. The molecule has 0 aliphatic heterocycles. The zero-order valence-electron chi connectivity index (χ0n) is 15.4. The molecule has 1 amide bonds. The molecule has 0 spiro atoms. The monoisotopic (exact) mass is 417 g/mol. The summed E-state index contributed by atoms with van der Waals surface area (Å²) < 4.78 is 19.5. The average Bonchev–Trinajstić information content (AvgIpc) is 3.14. The average molecular weight is 418 g/mol. The van der Waals surface area contributed by atoms with Crippen molar-refractivity contribution in [2.75, 3.05) is 11.9 Å². The van der Waals surface area contributed by atoms with Crippen molar-refractivity contribution in [3.63, 3.8) is 0 Å². The van der Waals surface area contributed by atoms with Crippen LogP contribution < -0.4 is 10.1 Å². The SMILES string of the molecule is CCCCOc1ccc(C(=O)Nc2nnc(SCc3cccc(F)c3)s2)cc1. The van der Waals surface area contributed by atoms with E-state index in [0.717, 1.165) is 24.2 Å². The van der Waals surface area contributed by atoms with E-state index in [4.69, 9.17) is 4.74 Å². The molecule has 0 atom stereocenters. The number of unbranched alkanes of at least 4 members (excludes halogenated alkanes) is 1. The van der Waals surface area contributed by atoms with Crippen LogP contribution in [0.15, 0.2) is 52.9 Å². The van der Waals surface area contributed by atoms with E-state index in [1.54, 1.807) is 30.3 Å². The summed E-state index contributed by atoms with van der Waals surface area (Å²) in [6.07, 6.45) is 2.07. The summed E-state index contributed by atoms with van der Waals surface area (Å²) in [7, 11) is 0. The molecule has 1 aromatic heterocycles. The molecule has 0 saturated heterocycles. The first-order valence-electron chi connectivity index (χ1n) is 8.89. The number of benzene rings is 2. The normalized spacial score (nSPS) is 10.6. The lowest BCUT2D eigenvalue weighted by atomic mass is 10.2. The third-order valence-corrected chi connectivity index (χ3v) is 5.80. The Balaban J connectivity index is 1.52. The second-order valence-electron chi connectivity index (χ2n) is 5.97. The highest BCUT2D eigenvalue weighted by Crippen LogP contribution is 2.28. The van der Waals surface area contributed by atoms with Gasteiger partial charge in [-0.1, -0.05) is 48.6 Å². The molecule has 0 saturated carbocycles. The van der Waals surface area contributed by atoms with Crippen LogP contribution in [0.1, 0.15) is 35.7 Å². The van der Waals surface area contributed by atoms with Gasteiger partial charge in [0.1, 0.15) is 11.6 Å². The summed E-state index contributed by atoms with van der Waals surface area (Å²) in [4.78, 5) is 12.4. The summed E-state index contributed by atoms with van der Waals surface area (Å²) in [5, 5.41) is 11.2. The van der Waals surface area contributed by atoms with E-state index in [1.165, 1.54) is 35.2 Å². The number of rotatable bonds is 9. The highest BCUT2D eigenvalue weighted by Gasteiger charge is 2.11. The number of carbonyl (C=O) groups excluding carboxylic acids is 1. The van der Waals surface area contributed by atoms with E-state index in [1.807, 2.05) is 6.07 Å². The number of hydrogen-bond donors (Lipinski definition) is 1. The smallest absolute Gasteiger partial charge is 0.257 e. The maximum absolute atomic E-state index is 13.2. The van der Waals surface area contributed by atoms with Crippen LogP contribution in [0.3, 0.4) is 0 Å². The number of hydrogen-bond acceptors (Lipinski definition) is 6. The van der Waals surface area contributed by atoms with Crippen molar-refractivity contribution < 1.29 is 13.9 Å². The van der Waals surface area contributed by atoms with Crippen LogP contribution in [0.25, 0.3) is 0 Å². The molecule has 5 nitrogen and oxygen atoms in total. The van der Waals surface area contributed by atoms with Gasteiger partial charge in [0, 0.05) is 11.3 Å². The molecule has 0 unspecified atom stereocenters. The molecule has 3 rings (SSSR count). The topological polar surface area (TPSA) is 64.1 Å². The van der Waals surface area contributed by atoms with E-state index in [-0.39, 0.29) is 11.7 Å². The second-order valence-corrected chi connectivity index (χ2v) is 8.17. The number of aromatic nitrogens is 2. The Bertz CT molecular complexity index is 916. The van der Waals surface area contributed by atoms with Gasteiger partial charge in [-0.2, -0.15) is 0 Å². The Morgan fingerprint density at radius 1 is 1.21 bits per heavy atom. The third kappa shape index (κ3) is 6.03. The van der Waals surface area contributed by atoms with Gasteiger partial charge in [0.05, 0.1) is 6.61 Å². The first-order valence-corrected chi connectivity index (χ1v) is 10.7. The van der Waals surface area contributed by atoms with E-state index in [9.17, 15) is 9.18 Å². The lowest BCUT2D eigenvalue weighted by Crippen LogP contribution is -2.11. The predicted octanol–water partition coefficient (Wildman–Crippen LogP) is 5.40. The van der Waals surface area contributed by atoms with Crippen molar-refractivity contribution in [1.29, 1.82) is 0 Å². The van der Waals surface area contributed by atoms with Crippen molar-refractivity contribution in [1.82, 2.24) is 10.2 Å². The van der Waals surface area contributed by atoms with Gasteiger partial charge in [0.15, 0.2) is 4.34 Å². The summed E-state index contributed by atoms with van der Waals surface area (Å²) in [5.41, 5.74) is 1.39. The molecule has 0 radical (unpaired) electrons. The molecule has 8 heteroatoms. The summed E-state index contributed by atoms with van der Waals surface area (Å²) in [6, 6.07) is 13.4. The number of nitrogens with one attached hydrogen (secondary N) is 1. The standard InChI is InChI=1S/C20H20FN3O2S2/c1-2-3-11-26-17-9-7-15(8-10-17)18(25)22-19-23-24-20(28-19)27-13-14-5-4-6-16(21)12-14/h4-10,12H,2-3,11,13H2,1H3,(H,22,23,25). The number of nitrogens with zero attached hydrogens (tertiary/aromatic N) is 2. The number of ether oxygens (including phenoxy) is 1. The third-order valence-electron chi connectivity index (χ3n) is 3.76. The number of carbonyl (C=O) groups is 1. The maximum atomic E-state index is 13.2. The van der Waals surface area contributed by atoms with E-state index >= 15 is 0 Å².